The first-order chi connectivity index (χ1) is 10.6. The van der Waals surface area contributed by atoms with E-state index in [0.29, 0.717) is 18.8 Å². The monoisotopic (exact) mass is 323 g/mol. The van der Waals surface area contributed by atoms with E-state index >= 15 is 0 Å². The molecule has 4 heteroatoms. The van der Waals surface area contributed by atoms with Crippen LogP contribution in [0.2, 0.25) is 0 Å². The Morgan fingerprint density at radius 2 is 1.61 bits per heavy atom. The number of Topliss-reactive ketones (excluding diaryl/α,β-unsaturated/α-hetero) is 1. The number of carbonyl (C=O) groups is 1. The van der Waals surface area contributed by atoms with E-state index in [1.54, 1.807) is 0 Å². The maximum Gasteiger partial charge on any atom is 0.167 e. The van der Waals surface area contributed by atoms with Gasteiger partial charge in [-0.2, -0.15) is 5.06 Å². The molecule has 3 fully saturated rings. The van der Waals surface area contributed by atoms with Gasteiger partial charge in [-0.25, -0.2) is 0 Å². The lowest BCUT2D eigenvalue weighted by Crippen LogP contribution is -2.66. The van der Waals surface area contributed by atoms with Crippen LogP contribution in [0.3, 0.4) is 0 Å². The van der Waals surface area contributed by atoms with Gasteiger partial charge in [0.05, 0.1) is 12.2 Å². The van der Waals surface area contributed by atoms with Crippen LogP contribution in [0.1, 0.15) is 86.0 Å². The predicted octanol–water partition coefficient (Wildman–Crippen LogP) is 4.02. The van der Waals surface area contributed by atoms with E-state index in [2.05, 4.69) is 32.8 Å². The number of nitrogens with zero attached hydrogens (tertiary/aromatic N) is 1. The molecular weight excluding hydrogens is 290 g/mol. The summed E-state index contributed by atoms with van der Waals surface area (Å²) >= 11 is 0. The summed E-state index contributed by atoms with van der Waals surface area (Å²) in [6.07, 6.45) is 7.85. The lowest BCUT2D eigenvalue weighted by atomic mass is 9.70. The normalized spacial score (nSPS) is 31.8. The number of hydroxylamine groups is 2. The van der Waals surface area contributed by atoms with Gasteiger partial charge in [-0.05, 0) is 47.5 Å². The van der Waals surface area contributed by atoms with Crippen molar-refractivity contribution in [1.82, 2.24) is 5.06 Å². The molecule has 0 amide bonds. The smallest absolute Gasteiger partial charge is 0.167 e. The number of ketones is 1. The van der Waals surface area contributed by atoms with Crippen molar-refractivity contribution in [3.8, 4) is 0 Å². The fourth-order valence-corrected chi connectivity index (χ4v) is 5.61. The van der Waals surface area contributed by atoms with Crippen molar-refractivity contribution in [3.63, 3.8) is 0 Å². The van der Waals surface area contributed by atoms with Gasteiger partial charge in [0.1, 0.15) is 5.60 Å². The molecule has 2 spiro atoms. The van der Waals surface area contributed by atoms with Crippen molar-refractivity contribution < 1.29 is 14.4 Å². The molecular formula is C19H33NO3. The maximum atomic E-state index is 13.1. The molecule has 2 aliphatic heterocycles. The predicted molar refractivity (Wildman–Crippen MR) is 90.1 cm³/mol. The highest BCUT2D eigenvalue weighted by Crippen LogP contribution is 2.54. The Hall–Kier alpha value is -0.450. The molecule has 0 bridgehead atoms. The summed E-state index contributed by atoms with van der Waals surface area (Å²) in [4.78, 5) is 19.0. The highest BCUT2D eigenvalue weighted by Gasteiger charge is 2.63. The van der Waals surface area contributed by atoms with E-state index in [9.17, 15) is 4.79 Å². The number of ether oxygens (including phenoxy) is 1. The summed E-state index contributed by atoms with van der Waals surface area (Å²) in [6, 6.07) is 0. The maximum absolute atomic E-state index is 13.1. The van der Waals surface area contributed by atoms with Crippen molar-refractivity contribution in [2.24, 2.45) is 0 Å². The molecule has 132 valence electrons. The van der Waals surface area contributed by atoms with E-state index in [4.69, 9.17) is 9.57 Å². The van der Waals surface area contributed by atoms with Crippen LogP contribution in [0.4, 0.5) is 0 Å². The van der Waals surface area contributed by atoms with Crippen LogP contribution in [0, 0.1) is 0 Å². The summed E-state index contributed by atoms with van der Waals surface area (Å²) in [7, 11) is 0. The standard InChI is InChI=1S/C19H33NO3/c1-6-22-20-16(2,3)13-19(14-17(20,4)5)15(21)12-18(23-19)10-8-7-9-11-18/h6-14H2,1-5H3. The highest BCUT2D eigenvalue weighted by molar-refractivity contribution is 5.90. The molecule has 1 saturated carbocycles. The lowest BCUT2D eigenvalue weighted by Gasteiger charge is -2.56. The minimum absolute atomic E-state index is 0.171. The van der Waals surface area contributed by atoms with Gasteiger partial charge >= 0.3 is 0 Å². The van der Waals surface area contributed by atoms with Crippen LogP contribution < -0.4 is 0 Å². The SMILES string of the molecule is CCON1C(C)(C)CC2(CC1(C)C)OC1(CCCCC1)CC2=O. The fourth-order valence-electron chi connectivity index (χ4n) is 5.61. The zero-order valence-electron chi connectivity index (χ0n) is 15.5. The molecule has 0 unspecified atom stereocenters. The molecule has 2 saturated heterocycles. The topological polar surface area (TPSA) is 38.8 Å². The Balaban J connectivity index is 1.90. The third-order valence-corrected chi connectivity index (χ3v) is 5.96. The molecule has 2 heterocycles. The first kappa shape index (κ1) is 17.4. The van der Waals surface area contributed by atoms with Crippen molar-refractivity contribution in [2.45, 2.75) is 108 Å². The Morgan fingerprint density at radius 1 is 1.04 bits per heavy atom. The minimum Gasteiger partial charge on any atom is -0.360 e. The van der Waals surface area contributed by atoms with Gasteiger partial charge < -0.3 is 4.74 Å². The molecule has 3 rings (SSSR count). The molecule has 1 aliphatic carbocycles. The van der Waals surface area contributed by atoms with Crippen LogP contribution in [0.15, 0.2) is 0 Å². The largest absolute Gasteiger partial charge is 0.360 e. The Morgan fingerprint density at radius 3 is 2.13 bits per heavy atom. The number of piperidine rings is 1. The lowest BCUT2D eigenvalue weighted by molar-refractivity contribution is -0.307. The van der Waals surface area contributed by atoms with Crippen LogP contribution in [0.25, 0.3) is 0 Å². The summed E-state index contributed by atoms with van der Waals surface area (Å²) in [5.41, 5.74) is -1.21. The van der Waals surface area contributed by atoms with Gasteiger partial charge in [0, 0.05) is 30.3 Å². The molecule has 0 atom stereocenters. The third kappa shape index (κ3) is 2.87. The van der Waals surface area contributed by atoms with Gasteiger partial charge in [-0.15, -0.1) is 0 Å². The molecule has 3 aliphatic rings. The molecule has 0 N–H and O–H groups in total. The molecule has 0 aromatic heterocycles. The van der Waals surface area contributed by atoms with Crippen LogP contribution in [0.5, 0.6) is 0 Å². The molecule has 23 heavy (non-hydrogen) atoms. The van der Waals surface area contributed by atoms with Crippen molar-refractivity contribution >= 4 is 5.78 Å². The van der Waals surface area contributed by atoms with E-state index in [0.717, 1.165) is 25.7 Å². The molecule has 0 aromatic rings. The second-order valence-corrected chi connectivity index (χ2v) is 9.13. The number of hydrogen-bond acceptors (Lipinski definition) is 4. The van der Waals surface area contributed by atoms with E-state index in [1.165, 1.54) is 19.3 Å². The van der Waals surface area contributed by atoms with Gasteiger partial charge in [0.15, 0.2) is 5.78 Å². The van der Waals surface area contributed by atoms with E-state index in [-0.39, 0.29) is 16.7 Å². The quantitative estimate of drug-likeness (QED) is 0.769. The summed E-state index contributed by atoms with van der Waals surface area (Å²) in [6.45, 7) is 11.4. The van der Waals surface area contributed by atoms with Crippen LogP contribution in [-0.4, -0.2) is 39.7 Å². The number of carbonyl (C=O) groups excluding carboxylic acids is 1. The zero-order chi connectivity index (χ0) is 16.9. The van der Waals surface area contributed by atoms with Gasteiger partial charge in [-0.3, -0.25) is 9.63 Å². The summed E-state index contributed by atoms with van der Waals surface area (Å²) in [5.74, 6) is 0.330. The average molecular weight is 323 g/mol. The third-order valence-electron chi connectivity index (χ3n) is 5.96. The number of hydrogen-bond donors (Lipinski definition) is 0. The van der Waals surface area contributed by atoms with E-state index in [1.807, 2.05) is 6.92 Å². The molecule has 0 aromatic carbocycles. The molecule has 4 nitrogen and oxygen atoms in total. The van der Waals surface area contributed by atoms with Crippen LogP contribution >= 0.6 is 0 Å². The highest BCUT2D eigenvalue weighted by atomic mass is 16.7. The zero-order valence-corrected chi connectivity index (χ0v) is 15.5. The van der Waals surface area contributed by atoms with E-state index < -0.39 is 5.60 Å². The number of rotatable bonds is 2. The Kier molecular flexibility index (Phi) is 4.18. The second kappa shape index (κ2) is 5.53. The summed E-state index contributed by atoms with van der Waals surface area (Å²) in [5, 5.41) is 2.10. The van der Waals surface area contributed by atoms with Gasteiger partial charge in [0.25, 0.3) is 0 Å². The fraction of sp³-hybridized carbons (Fsp3) is 0.947. The van der Waals surface area contributed by atoms with Gasteiger partial charge in [0.2, 0.25) is 0 Å². The second-order valence-electron chi connectivity index (χ2n) is 9.13. The average Bonchev–Trinajstić information content (AvgIpc) is 2.65. The van der Waals surface area contributed by atoms with Crippen molar-refractivity contribution in [2.75, 3.05) is 6.61 Å². The Bertz CT molecular complexity index is 459. The van der Waals surface area contributed by atoms with Crippen molar-refractivity contribution in [1.29, 1.82) is 0 Å². The summed E-state index contributed by atoms with van der Waals surface area (Å²) < 4.78 is 6.70. The minimum atomic E-state index is -0.613. The Labute approximate surface area is 140 Å². The van der Waals surface area contributed by atoms with Crippen LogP contribution in [-0.2, 0) is 14.4 Å². The first-order valence-electron chi connectivity index (χ1n) is 9.32. The van der Waals surface area contributed by atoms with Crippen molar-refractivity contribution in [3.05, 3.63) is 0 Å². The van der Waals surface area contributed by atoms with Gasteiger partial charge in [-0.1, -0.05) is 19.3 Å². The first-order valence-corrected chi connectivity index (χ1v) is 9.32. The molecule has 0 radical (unpaired) electrons.